The Balaban J connectivity index is 2.14. The molecule has 0 bridgehead atoms. The number of carboxylic acids is 1. The van der Waals surface area contributed by atoms with E-state index in [0.717, 1.165) is 17.3 Å². The summed E-state index contributed by atoms with van der Waals surface area (Å²) in [6.45, 7) is 4.68. The van der Waals surface area contributed by atoms with Gasteiger partial charge in [0.25, 0.3) is 5.91 Å². The standard InChI is InChI=1S/C16H20BrNO3/c1-16(2,15(20)21)12-6-4-8-18(10-12)14(19)11-5-3-7-13(17)9-11/h3,5,7,9,12H,4,6,8,10H2,1-2H3,(H,20,21). The first-order chi connectivity index (χ1) is 9.82. The first kappa shape index (κ1) is 16.0. The van der Waals surface area contributed by atoms with Gasteiger partial charge in [0.05, 0.1) is 5.41 Å². The maximum atomic E-state index is 12.6. The van der Waals surface area contributed by atoms with Crippen LogP contribution in [0.3, 0.4) is 0 Å². The third-order valence-electron chi connectivity index (χ3n) is 4.35. The molecule has 0 saturated carbocycles. The summed E-state index contributed by atoms with van der Waals surface area (Å²) in [7, 11) is 0. The number of amides is 1. The molecule has 0 radical (unpaired) electrons. The summed E-state index contributed by atoms with van der Waals surface area (Å²) in [5.74, 6) is -0.841. The number of carboxylic acid groups (broad SMARTS) is 1. The predicted octanol–water partition coefficient (Wildman–Crippen LogP) is 3.41. The van der Waals surface area contributed by atoms with Crippen LogP contribution in [0.1, 0.15) is 37.0 Å². The summed E-state index contributed by atoms with van der Waals surface area (Å²) in [5.41, 5.74) is -0.172. The highest BCUT2D eigenvalue weighted by Gasteiger charge is 2.40. The molecule has 0 aliphatic carbocycles. The lowest BCUT2D eigenvalue weighted by atomic mass is 9.74. The number of nitrogens with zero attached hydrogens (tertiary/aromatic N) is 1. The van der Waals surface area contributed by atoms with Crippen molar-refractivity contribution >= 4 is 27.8 Å². The number of carbonyl (C=O) groups excluding carboxylic acids is 1. The predicted molar refractivity (Wildman–Crippen MR) is 84.2 cm³/mol. The minimum Gasteiger partial charge on any atom is -0.481 e. The number of hydrogen-bond donors (Lipinski definition) is 1. The highest BCUT2D eigenvalue weighted by molar-refractivity contribution is 9.10. The molecule has 1 aliphatic heterocycles. The fourth-order valence-corrected chi connectivity index (χ4v) is 3.13. The van der Waals surface area contributed by atoms with E-state index in [4.69, 9.17) is 0 Å². The van der Waals surface area contributed by atoms with Crippen LogP contribution in [0.25, 0.3) is 0 Å². The van der Waals surface area contributed by atoms with Crippen LogP contribution in [0.15, 0.2) is 28.7 Å². The molecule has 1 atom stereocenters. The first-order valence-corrected chi connectivity index (χ1v) is 7.90. The molecule has 4 nitrogen and oxygen atoms in total. The molecule has 0 spiro atoms. The molecule has 1 heterocycles. The van der Waals surface area contributed by atoms with Crippen molar-refractivity contribution < 1.29 is 14.7 Å². The number of likely N-dealkylation sites (tertiary alicyclic amines) is 1. The van der Waals surface area contributed by atoms with E-state index in [1.807, 2.05) is 12.1 Å². The molecule has 1 aromatic rings. The minimum atomic E-state index is -0.809. The van der Waals surface area contributed by atoms with E-state index in [9.17, 15) is 14.7 Å². The molecule has 0 aromatic heterocycles. The number of rotatable bonds is 3. The molecular weight excluding hydrogens is 334 g/mol. The summed E-state index contributed by atoms with van der Waals surface area (Å²) in [6.07, 6.45) is 1.70. The van der Waals surface area contributed by atoms with E-state index in [2.05, 4.69) is 15.9 Å². The summed E-state index contributed by atoms with van der Waals surface area (Å²) in [6, 6.07) is 7.30. The van der Waals surface area contributed by atoms with Gasteiger partial charge < -0.3 is 10.0 Å². The molecular formula is C16H20BrNO3. The van der Waals surface area contributed by atoms with Gasteiger partial charge in [-0.25, -0.2) is 0 Å². The molecule has 1 aliphatic rings. The van der Waals surface area contributed by atoms with Crippen molar-refractivity contribution in [2.75, 3.05) is 13.1 Å². The highest BCUT2D eigenvalue weighted by Crippen LogP contribution is 2.34. The van der Waals surface area contributed by atoms with Crippen molar-refractivity contribution in [1.29, 1.82) is 0 Å². The summed E-state index contributed by atoms with van der Waals surface area (Å²) in [4.78, 5) is 25.7. The maximum absolute atomic E-state index is 12.6. The molecule has 2 rings (SSSR count). The topological polar surface area (TPSA) is 57.6 Å². The second-order valence-electron chi connectivity index (χ2n) is 6.13. The Morgan fingerprint density at radius 1 is 1.38 bits per heavy atom. The van der Waals surface area contributed by atoms with Gasteiger partial charge in [-0.3, -0.25) is 9.59 Å². The Morgan fingerprint density at radius 3 is 2.71 bits per heavy atom. The van der Waals surface area contributed by atoms with Crippen LogP contribution < -0.4 is 0 Å². The van der Waals surface area contributed by atoms with Gasteiger partial charge >= 0.3 is 5.97 Å². The lowest BCUT2D eigenvalue weighted by Gasteiger charge is -2.39. The molecule has 1 aromatic carbocycles. The van der Waals surface area contributed by atoms with Gasteiger partial charge in [-0.15, -0.1) is 0 Å². The van der Waals surface area contributed by atoms with Gasteiger partial charge in [-0.2, -0.15) is 0 Å². The molecule has 1 fully saturated rings. The zero-order valence-electron chi connectivity index (χ0n) is 12.3. The van der Waals surface area contributed by atoms with Gasteiger partial charge in [-0.05, 0) is 50.8 Å². The zero-order chi connectivity index (χ0) is 15.6. The van der Waals surface area contributed by atoms with Crippen molar-refractivity contribution in [3.63, 3.8) is 0 Å². The fourth-order valence-electron chi connectivity index (χ4n) is 2.73. The van der Waals surface area contributed by atoms with E-state index in [-0.39, 0.29) is 11.8 Å². The monoisotopic (exact) mass is 353 g/mol. The molecule has 5 heteroatoms. The Morgan fingerprint density at radius 2 is 2.10 bits per heavy atom. The third kappa shape index (κ3) is 3.46. The average molecular weight is 354 g/mol. The zero-order valence-corrected chi connectivity index (χ0v) is 13.9. The Hall–Kier alpha value is -1.36. The van der Waals surface area contributed by atoms with Gasteiger partial charge in [0, 0.05) is 23.1 Å². The largest absolute Gasteiger partial charge is 0.481 e. The average Bonchev–Trinajstić information content (AvgIpc) is 2.46. The molecule has 114 valence electrons. The Kier molecular flexibility index (Phi) is 4.71. The van der Waals surface area contributed by atoms with Crippen LogP contribution >= 0.6 is 15.9 Å². The van der Waals surface area contributed by atoms with Crippen molar-refractivity contribution in [2.45, 2.75) is 26.7 Å². The fraction of sp³-hybridized carbons (Fsp3) is 0.500. The van der Waals surface area contributed by atoms with Crippen LogP contribution in [0, 0.1) is 11.3 Å². The molecule has 21 heavy (non-hydrogen) atoms. The van der Waals surface area contributed by atoms with Crippen LogP contribution in [0.2, 0.25) is 0 Å². The molecule has 1 N–H and O–H groups in total. The maximum Gasteiger partial charge on any atom is 0.309 e. The third-order valence-corrected chi connectivity index (χ3v) is 4.85. The number of piperidine rings is 1. The van der Waals surface area contributed by atoms with E-state index < -0.39 is 11.4 Å². The summed E-state index contributed by atoms with van der Waals surface area (Å²) >= 11 is 3.37. The highest BCUT2D eigenvalue weighted by atomic mass is 79.9. The Bertz CT molecular complexity index is 556. The molecule has 1 unspecified atom stereocenters. The van der Waals surface area contributed by atoms with E-state index in [1.165, 1.54) is 0 Å². The number of carbonyl (C=O) groups is 2. The minimum absolute atomic E-state index is 0.0140. The quantitative estimate of drug-likeness (QED) is 0.905. The number of aliphatic carboxylic acids is 1. The lowest BCUT2D eigenvalue weighted by Crippen LogP contribution is -2.46. The second-order valence-corrected chi connectivity index (χ2v) is 7.04. The van der Waals surface area contributed by atoms with Crippen LogP contribution in [0.4, 0.5) is 0 Å². The van der Waals surface area contributed by atoms with Crippen molar-refractivity contribution in [1.82, 2.24) is 4.90 Å². The van der Waals surface area contributed by atoms with Crippen LogP contribution in [-0.2, 0) is 4.79 Å². The Labute approximate surface area is 133 Å². The number of benzene rings is 1. The van der Waals surface area contributed by atoms with Gasteiger partial charge in [-0.1, -0.05) is 22.0 Å². The van der Waals surface area contributed by atoms with Crippen LogP contribution in [0.5, 0.6) is 0 Å². The van der Waals surface area contributed by atoms with Crippen LogP contribution in [-0.4, -0.2) is 35.0 Å². The summed E-state index contributed by atoms with van der Waals surface area (Å²) in [5, 5.41) is 9.36. The summed E-state index contributed by atoms with van der Waals surface area (Å²) < 4.78 is 0.868. The van der Waals surface area contributed by atoms with E-state index in [1.54, 1.807) is 30.9 Å². The first-order valence-electron chi connectivity index (χ1n) is 7.10. The normalized spacial score (nSPS) is 19.4. The SMILES string of the molecule is CC(C)(C(=O)O)C1CCCN(C(=O)c2cccc(Br)c2)C1. The van der Waals surface area contributed by atoms with Gasteiger partial charge in [0.2, 0.25) is 0 Å². The lowest BCUT2D eigenvalue weighted by molar-refractivity contribution is -0.151. The number of hydrogen-bond acceptors (Lipinski definition) is 2. The number of halogens is 1. The van der Waals surface area contributed by atoms with Gasteiger partial charge in [0.1, 0.15) is 0 Å². The van der Waals surface area contributed by atoms with Crippen molar-refractivity contribution in [3.05, 3.63) is 34.3 Å². The van der Waals surface area contributed by atoms with Gasteiger partial charge in [0.15, 0.2) is 0 Å². The second kappa shape index (κ2) is 6.18. The van der Waals surface area contributed by atoms with E-state index in [0.29, 0.717) is 18.7 Å². The molecule has 1 amide bonds. The molecule has 1 saturated heterocycles. The smallest absolute Gasteiger partial charge is 0.309 e. The van der Waals surface area contributed by atoms with Crippen molar-refractivity contribution in [2.24, 2.45) is 11.3 Å². The van der Waals surface area contributed by atoms with Crippen molar-refractivity contribution in [3.8, 4) is 0 Å². The van der Waals surface area contributed by atoms with E-state index >= 15 is 0 Å².